The topological polar surface area (TPSA) is 84.2 Å². The van der Waals surface area contributed by atoms with Crippen molar-refractivity contribution < 1.29 is 23.1 Å². The number of halogens is 3. The Morgan fingerprint density at radius 3 is 2.52 bits per heavy atom. The van der Waals surface area contributed by atoms with Crippen LogP contribution in [0.1, 0.15) is 10.4 Å². The van der Waals surface area contributed by atoms with Crippen LogP contribution in [0.25, 0.3) is 16.7 Å². The van der Waals surface area contributed by atoms with E-state index in [1.165, 1.54) is 7.05 Å². The first-order chi connectivity index (χ1) is 11.8. The van der Waals surface area contributed by atoms with Crippen molar-refractivity contribution in [3.63, 3.8) is 0 Å². The van der Waals surface area contributed by atoms with E-state index >= 15 is 0 Å². The summed E-state index contributed by atoms with van der Waals surface area (Å²) in [5.41, 5.74) is -2.08. The molecule has 3 aromatic rings. The number of fused-ring (bicyclic) bond motifs is 1. The monoisotopic (exact) mass is 349 g/mol. The second-order valence-electron chi connectivity index (χ2n) is 5.08. The maximum absolute atomic E-state index is 14.2. The first-order valence-electron chi connectivity index (χ1n) is 6.96. The molecule has 25 heavy (non-hydrogen) atoms. The highest BCUT2D eigenvalue weighted by atomic mass is 19.1. The largest absolute Gasteiger partial charge is 0.477 e. The first-order valence-corrected chi connectivity index (χ1v) is 6.96. The number of nitrogens with one attached hydrogen (secondary N) is 1. The number of carboxylic acids is 1. The van der Waals surface area contributed by atoms with Crippen molar-refractivity contribution >= 4 is 22.8 Å². The standard InChI is InChI=1S/C16H10F3N3O3/c1-20-14-11(19)5-8-13(23)9(16(24)25)6-22(15(8)21-14)12-3-2-7(17)4-10(12)18/h2-6H,1H3,(H,20,21)(H,24,25). The number of anilines is 1. The molecule has 128 valence electrons. The summed E-state index contributed by atoms with van der Waals surface area (Å²) in [5, 5.41) is 11.3. The van der Waals surface area contributed by atoms with E-state index in [1.807, 2.05) is 0 Å². The van der Waals surface area contributed by atoms with Crippen LogP contribution in [-0.4, -0.2) is 27.7 Å². The van der Waals surface area contributed by atoms with Gasteiger partial charge in [-0.2, -0.15) is 0 Å². The maximum atomic E-state index is 14.2. The molecule has 0 atom stereocenters. The van der Waals surface area contributed by atoms with Crippen molar-refractivity contribution in [2.45, 2.75) is 0 Å². The minimum Gasteiger partial charge on any atom is -0.477 e. The average molecular weight is 349 g/mol. The Bertz CT molecular complexity index is 1080. The van der Waals surface area contributed by atoms with Gasteiger partial charge in [0.1, 0.15) is 17.2 Å². The van der Waals surface area contributed by atoms with Gasteiger partial charge in [-0.05, 0) is 18.2 Å². The number of aromatic carboxylic acids is 1. The molecule has 9 heteroatoms. The number of benzene rings is 1. The number of hydrogen-bond acceptors (Lipinski definition) is 4. The average Bonchev–Trinajstić information content (AvgIpc) is 2.55. The number of carboxylic acid groups (broad SMARTS) is 1. The maximum Gasteiger partial charge on any atom is 0.341 e. The summed E-state index contributed by atoms with van der Waals surface area (Å²) >= 11 is 0. The summed E-state index contributed by atoms with van der Waals surface area (Å²) in [7, 11) is 1.39. The van der Waals surface area contributed by atoms with E-state index in [2.05, 4.69) is 10.3 Å². The fraction of sp³-hybridized carbons (Fsp3) is 0.0625. The van der Waals surface area contributed by atoms with E-state index in [0.717, 1.165) is 29.0 Å². The summed E-state index contributed by atoms with van der Waals surface area (Å²) in [6.45, 7) is 0. The number of hydrogen-bond donors (Lipinski definition) is 2. The lowest BCUT2D eigenvalue weighted by molar-refractivity contribution is 0.0695. The molecule has 0 amide bonds. The third kappa shape index (κ3) is 2.69. The smallest absolute Gasteiger partial charge is 0.341 e. The highest BCUT2D eigenvalue weighted by molar-refractivity contribution is 5.92. The van der Waals surface area contributed by atoms with Gasteiger partial charge in [0.05, 0.1) is 11.1 Å². The summed E-state index contributed by atoms with van der Waals surface area (Å²) in [6, 6.07) is 3.44. The molecular weight excluding hydrogens is 339 g/mol. The van der Waals surface area contributed by atoms with Gasteiger partial charge in [0.15, 0.2) is 17.3 Å². The number of nitrogens with zero attached hydrogens (tertiary/aromatic N) is 2. The van der Waals surface area contributed by atoms with Gasteiger partial charge in [-0.15, -0.1) is 0 Å². The first kappa shape index (κ1) is 16.5. The second kappa shape index (κ2) is 5.93. The molecule has 0 unspecified atom stereocenters. The van der Waals surface area contributed by atoms with Crippen LogP contribution in [0.2, 0.25) is 0 Å². The molecule has 0 saturated carbocycles. The summed E-state index contributed by atoms with van der Waals surface area (Å²) in [5.74, 6) is -4.49. The minimum absolute atomic E-state index is 0.175. The van der Waals surface area contributed by atoms with Crippen molar-refractivity contribution in [2.24, 2.45) is 0 Å². The van der Waals surface area contributed by atoms with Crippen LogP contribution in [0.5, 0.6) is 0 Å². The molecule has 2 aromatic heterocycles. The van der Waals surface area contributed by atoms with E-state index in [9.17, 15) is 27.9 Å². The van der Waals surface area contributed by atoms with E-state index in [1.54, 1.807) is 0 Å². The Morgan fingerprint density at radius 1 is 1.20 bits per heavy atom. The molecule has 6 nitrogen and oxygen atoms in total. The van der Waals surface area contributed by atoms with Crippen molar-refractivity contribution in [3.8, 4) is 5.69 Å². The molecule has 0 fully saturated rings. The number of aromatic nitrogens is 2. The van der Waals surface area contributed by atoms with Crippen LogP contribution in [-0.2, 0) is 0 Å². The van der Waals surface area contributed by atoms with Crippen LogP contribution in [0.3, 0.4) is 0 Å². The van der Waals surface area contributed by atoms with Crippen LogP contribution < -0.4 is 10.7 Å². The van der Waals surface area contributed by atoms with Gasteiger partial charge >= 0.3 is 5.97 Å². The number of pyridine rings is 2. The van der Waals surface area contributed by atoms with Crippen molar-refractivity contribution in [3.05, 3.63) is 63.7 Å². The molecule has 2 heterocycles. The molecule has 0 aliphatic heterocycles. The molecular formula is C16H10F3N3O3. The van der Waals surface area contributed by atoms with Gasteiger partial charge in [0, 0.05) is 19.3 Å². The lowest BCUT2D eigenvalue weighted by atomic mass is 10.1. The van der Waals surface area contributed by atoms with Gasteiger partial charge in [-0.25, -0.2) is 22.9 Å². The number of rotatable bonds is 3. The Hall–Kier alpha value is -3.36. The fourth-order valence-electron chi connectivity index (χ4n) is 2.41. The Balaban J connectivity index is 2.50. The lowest BCUT2D eigenvalue weighted by Crippen LogP contribution is -2.20. The minimum atomic E-state index is -1.57. The third-order valence-corrected chi connectivity index (χ3v) is 3.57. The van der Waals surface area contributed by atoms with Gasteiger partial charge in [0.2, 0.25) is 5.43 Å². The zero-order valence-electron chi connectivity index (χ0n) is 12.7. The second-order valence-corrected chi connectivity index (χ2v) is 5.08. The lowest BCUT2D eigenvalue weighted by Gasteiger charge is -2.14. The quantitative estimate of drug-likeness (QED) is 0.759. The predicted molar refractivity (Wildman–Crippen MR) is 83.7 cm³/mol. The van der Waals surface area contributed by atoms with Gasteiger partial charge in [0.25, 0.3) is 0 Å². The van der Waals surface area contributed by atoms with Gasteiger partial charge in [-0.3, -0.25) is 9.36 Å². The van der Waals surface area contributed by atoms with Crippen LogP contribution in [0, 0.1) is 17.5 Å². The van der Waals surface area contributed by atoms with Crippen molar-refractivity contribution in [2.75, 3.05) is 12.4 Å². The molecule has 0 spiro atoms. The van der Waals surface area contributed by atoms with Crippen LogP contribution in [0.4, 0.5) is 19.0 Å². The van der Waals surface area contributed by atoms with E-state index in [4.69, 9.17) is 0 Å². The van der Waals surface area contributed by atoms with E-state index in [0.29, 0.717) is 6.07 Å². The molecule has 0 radical (unpaired) electrons. The van der Waals surface area contributed by atoms with Crippen molar-refractivity contribution in [1.82, 2.24) is 9.55 Å². The predicted octanol–water partition coefficient (Wildman–Crippen LogP) is 2.54. The molecule has 0 saturated heterocycles. The zero-order valence-corrected chi connectivity index (χ0v) is 12.7. The molecule has 3 rings (SSSR count). The summed E-state index contributed by atoms with van der Waals surface area (Å²) in [6.07, 6.45) is 0.869. The third-order valence-electron chi connectivity index (χ3n) is 3.57. The SMILES string of the molecule is CNc1nc2c(cc1F)c(=O)c(C(=O)O)cn2-c1ccc(F)cc1F. The fourth-order valence-corrected chi connectivity index (χ4v) is 2.41. The highest BCUT2D eigenvalue weighted by Crippen LogP contribution is 2.22. The molecule has 1 aromatic carbocycles. The summed E-state index contributed by atoms with van der Waals surface area (Å²) < 4.78 is 42.2. The normalized spacial score (nSPS) is 10.9. The van der Waals surface area contributed by atoms with Gasteiger partial charge < -0.3 is 10.4 Å². The Kier molecular flexibility index (Phi) is 3.91. The van der Waals surface area contributed by atoms with Crippen molar-refractivity contribution in [1.29, 1.82) is 0 Å². The molecule has 2 N–H and O–H groups in total. The molecule has 0 aliphatic carbocycles. The number of carbonyl (C=O) groups is 1. The highest BCUT2D eigenvalue weighted by Gasteiger charge is 2.20. The van der Waals surface area contributed by atoms with Gasteiger partial charge in [-0.1, -0.05) is 0 Å². The molecule has 0 bridgehead atoms. The summed E-state index contributed by atoms with van der Waals surface area (Å²) in [4.78, 5) is 27.5. The molecule has 0 aliphatic rings. The van der Waals surface area contributed by atoms with Crippen LogP contribution in [0.15, 0.2) is 35.3 Å². The zero-order chi connectivity index (χ0) is 18.3. The van der Waals surface area contributed by atoms with E-state index in [-0.39, 0.29) is 22.5 Å². The Morgan fingerprint density at radius 2 is 1.92 bits per heavy atom. The van der Waals surface area contributed by atoms with E-state index < -0.39 is 34.4 Å². The van der Waals surface area contributed by atoms with Crippen LogP contribution >= 0.6 is 0 Å². The Labute approximate surface area is 138 Å².